The molecule has 1 N–H and O–H groups in total. The molecule has 0 unspecified atom stereocenters. The predicted molar refractivity (Wildman–Crippen MR) is 105 cm³/mol. The molecule has 6 nitrogen and oxygen atoms in total. The Labute approximate surface area is 160 Å². The number of fused-ring (bicyclic) bond motifs is 1. The average Bonchev–Trinajstić information content (AvgIpc) is 2.90. The van der Waals surface area contributed by atoms with Gasteiger partial charge in [0.2, 0.25) is 0 Å². The monoisotopic (exact) mass is 412 g/mol. The van der Waals surface area contributed by atoms with E-state index >= 15 is 0 Å². The summed E-state index contributed by atoms with van der Waals surface area (Å²) in [5.74, 6) is 0.196. The molecule has 0 spiro atoms. The van der Waals surface area contributed by atoms with Crippen molar-refractivity contribution in [2.75, 3.05) is 11.8 Å². The largest absolute Gasteiger partial charge is 0.495 e. The topological polar surface area (TPSA) is 77.4 Å². The van der Waals surface area contributed by atoms with Gasteiger partial charge in [0.1, 0.15) is 10.6 Å². The highest BCUT2D eigenvalue weighted by molar-refractivity contribution is 7.92. The zero-order chi connectivity index (χ0) is 18.9. The Bertz CT molecular complexity index is 1120. The molecule has 0 atom stereocenters. The molecule has 0 amide bonds. The van der Waals surface area contributed by atoms with Crippen LogP contribution in [0.1, 0.15) is 13.3 Å². The molecule has 9 heteroatoms. The number of methoxy groups -OCH3 is 1. The molecule has 1 heterocycles. The van der Waals surface area contributed by atoms with E-state index in [4.69, 9.17) is 16.3 Å². The molecular formula is C17H17ClN2O4S2. The normalized spacial score (nSPS) is 11.7. The van der Waals surface area contributed by atoms with E-state index in [2.05, 4.69) is 4.72 Å². The molecular weight excluding hydrogens is 396 g/mol. The molecule has 26 heavy (non-hydrogen) atoms. The molecule has 1 aromatic heterocycles. The van der Waals surface area contributed by atoms with Crippen LogP contribution in [0.5, 0.6) is 5.75 Å². The van der Waals surface area contributed by atoms with Crippen molar-refractivity contribution < 1.29 is 13.2 Å². The van der Waals surface area contributed by atoms with Crippen molar-refractivity contribution in [3.8, 4) is 5.75 Å². The highest BCUT2D eigenvalue weighted by Crippen LogP contribution is 2.30. The molecule has 138 valence electrons. The molecule has 2 aromatic carbocycles. The molecule has 0 aliphatic rings. The van der Waals surface area contributed by atoms with Gasteiger partial charge in [-0.2, -0.15) is 0 Å². The number of halogens is 1. The Morgan fingerprint density at radius 3 is 2.69 bits per heavy atom. The second-order valence-corrected chi connectivity index (χ2v) is 8.68. The van der Waals surface area contributed by atoms with Crippen LogP contribution in [0.4, 0.5) is 5.69 Å². The number of aromatic nitrogens is 1. The Morgan fingerprint density at radius 2 is 2.00 bits per heavy atom. The molecule has 0 saturated carbocycles. The van der Waals surface area contributed by atoms with Crippen LogP contribution in [0.15, 0.2) is 46.1 Å². The summed E-state index contributed by atoms with van der Waals surface area (Å²) in [6.07, 6.45) is 0.842. The van der Waals surface area contributed by atoms with Crippen molar-refractivity contribution in [1.29, 1.82) is 0 Å². The molecule has 0 fully saturated rings. The average molecular weight is 413 g/mol. The summed E-state index contributed by atoms with van der Waals surface area (Å²) < 4.78 is 35.5. The number of nitrogens with zero attached hydrogens (tertiary/aromatic N) is 1. The predicted octanol–water partition coefficient (Wildman–Crippen LogP) is 3.94. The minimum Gasteiger partial charge on any atom is -0.495 e. The zero-order valence-corrected chi connectivity index (χ0v) is 16.5. The van der Waals surface area contributed by atoms with Crippen LogP contribution >= 0.6 is 22.9 Å². The standard InChI is InChI=1S/C17H17ClN2O4S2/c1-3-8-20-13-6-5-12(10-15(13)25-17(20)21)19-26(22,23)16-9-11(18)4-7-14(16)24-2/h4-7,9-10,19H,3,8H2,1-2H3. The number of sulfonamides is 1. The van der Waals surface area contributed by atoms with Gasteiger partial charge in [0, 0.05) is 11.6 Å². The van der Waals surface area contributed by atoms with Gasteiger partial charge in [-0.3, -0.25) is 14.1 Å². The van der Waals surface area contributed by atoms with Crippen LogP contribution in [-0.4, -0.2) is 20.1 Å². The molecule has 0 radical (unpaired) electrons. The number of ether oxygens (including phenoxy) is 1. The van der Waals surface area contributed by atoms with Crippen LogP contribution in [0.2, 0.25) is 5.02 Å². The first-order valence-corrected chi connectivity index (χ1v) is 10.5. The summed E-state index contributed by atoms with van der Waals surface area (Å²) >= 11 is 7.02. The quantitative estimate of drug-likeness (QED) is 0.665. The number of hydrogen-bond donors (Lipinski definition) is 1. The number of aryl methyl sites for hydroxylation is 1. The summed E-state index contributed by atoms with van der Waals surface area (Å²) in [6, 6.07) is 9.42. The van der Waals surface area contributed by atoms with E-state index in [-0.39, 0.29) is 20.5 Å². The SMILES string of the molecule is CCCn1c(=O)sc2cc(NS(=O)(=O)c3cc(Cl)ccc3OC)ccc21. The first-order chi connectivity index (χ1) is 12.4. The second-order valence-electron chi connectivity index (χ2n) is 5.60. The highest BCUT2D eigenvalue weighted by atomic mass is 35.5. The minimum absolute atomic E-state index is 0.0515. The van der Waals surface area contributed by atoms with Crippen LogP contribution in [0.3, 0.4) is 0 Å². The van der Waals surface area contributed by atoms with E-state index in [9.17, 15) is 13.2 Å². The minimum atomic E-state index is -3.90. The molecule has 0 saturated heterocycles. The van der Waals surface area contributed by atoms with Crippen molar-refractivity contribution in [3.05, 3.63) is 51.1 Å². The third-order valence-corrected chi connectivity index (χ3v) is 6.36. The van der Waals surface area contributed by atoms with Crippen molar-refractivity contribution in [2.24, 2.45) is 0 Å². The zero-order valence-electron chi connectivity index (χ0n) is 14.2. The fourth-order valence-electron chi connectivity index (χ4n) is 2.64. The van der Waals surface area contributed by atoms with Gasteiger partial charge in [-0.1, -0.05) is 29.9 Å². The molecule has 3 rings (SSSR count). The van der Waals surface area contributed by atoms with Gasteiger partial charge in [0.05, 0.1) is 23.0 Å². The Morgan fingerprint density at radius 1 is 1.23 bits per heavy atom. The number of anilines is 1. The van der Waals surface area contributed by atoms with Crippen LogP contribution in [0, 0.1) is 0 Å². The number of benzene rings is 2. The lowest BCUT2D eigenvalue weighted by Gasteiger charge is -2.12. The van der Waals surface area contributed by atoms with Gasteiger partial charge in [-0.15, -0.1) is 0 Å². The van der Waals surface area contributed by atoms with Gasteiger partial charge in [0.25, 0.3) is 10.0 Å². The third-order valence-electron chi connectivity index (χ3n) is 3.78. The third kappa shape index (κ3) is 3.58. The maximum Gasteiger partial charge on any atom is 0.308 e. The Kier molecular flexibility index (Phi) is 5.27. The number of nitrogens with one attached hydrogen (secondary N) is 1. The maximum atomic E-state index is 12.7. The van der Waals surface area contributed by atoms with E-state index in [1.54, 1.807) is 28.8 Å². The first kappa shape index (κ1) is 18.8. The lowest BCUT2D eigenvalue weighted by atomic mass is 10.3. The summed E-state index contributed by atoms with van der Waals surface area (Å²) in [5, 5.41) is 0.288. The molecule has 0 aliphatic carbocycles. The summed E-state index contributed by atoms with van der Waals surface area (Å²) in [4.78, 5) is 12.0. The lowest BCUT2D eigenvalue weighted by molar-refractivity contribution is 0.403. The number of hydrogen-bond acceptors (Lipinski definition) is 5. The van der Waals surface area contributed by atoms with Crippen LogP contribution in [-0.2, 0) is 16.6 Å². The summed E-state index contributed by atoms with van der Waals surface area (Å²) in [6.45, 7) is 2.63. The summed E-state index contributed by atoms with van der Waals surface area (Å²) in [5.41, 5.74) is 1.16. The van der Waals surface area contributed by atoms with Gasteiger partial charge in [0.15, 0.2) is 0 Å². The van der Waals surface area contributed by atoms with Crippen molar-refractivity contribution >= 4 is 48.9 Å². The fraction of sp³-hybridized carbons (Fsp3) is 0.235. The Balaban J connectivity index is 2.00. The highest BCUT2D eigenvalue weighted by Gasteiger charge is 2.20. The van der Waals surface area contributed by atoms with Gasteiger partial charge < -0.3 is 4.74 Å². The van der Waals surface area contributed by atoms with Gasteiger partial charge in [-0.05, 0) is 42.8 Å². The maximum absolute atomic E-state index is 12.7. The first-order valence-electron chi connectivity index (χ1n) is 7.85. The van der Waals surface area contributed by atoms with E-state index in [0.717, 1.165) is 28.0 Å². The van der Waals surface area contributed by atoms with E-state index in [1.807, 2.05) is 6.92 Å². The molecule has 0 aliphatic heterocycles. The molecule has 3 aromatic rings. The van der Waals surface area contributed by atoms with Crippen LogP contribution in [0.25, 0.3) is 10.2 Å². The summed E-state index contributed by atoms with van der Waals surface area (Å²) in [7, 11) is -2.51. The lowest BCUT2D eigenvalue weighted by Crippen LogP contribution is -2.14. The van der Waals surface area contributed by atoms with Gasteiger partial charge in [-0.25, -0.2) is 8.42 Å². The van der Waals surface area contributed by atoms with Crippen molar-refractivity contribution in [1.82, 2.24) is 4.57 Å². The van der Waals surface area contributed by atoms with Gasteiger partial charge >= 0.3 is 4.87 Å². The van der Waals surface area contributed by atoms with E-state index in [0.29, 0.717) is 12.2 Å². The van der Waals surface area contributed by atoms with E-state index < -0.39 is 10.0 Å². The van der Waals surface area contributed by atoms with E-state index in [1.165, 1.54) is 19.2 Å². The fourth-order valence-corrected chi connectivity index (χ4v) is 5.07. The smallest absolute Gasteiger partial charge is 0.308 e. The second kappa shape index (κ2) is 7.30. The van der Waals surface area contributed by atoms with Crippen LogP contribution < -0.4 is 14.3 Å². The number of thiazole rings is 1. The van der Waals surface area contributed by atoms with Crippen molar-refractivity contribution in [3.63, 3.8) is 0 Å². The molecule has 0 bridgehead atoms. The van der Waals surface area contributed by atoms with Crippen molar-refractivity contribution in [2.45, 2.75) is 24.8 Å². The number of rotatable bonds is 6. The Hall–Kier alpha value is -2.03.